The van der Waals surface area contributed by atoms with Crippen molar-refractivity contribution in [2.75, 3.05) is 31.6 Å². The molecule has 1 fully saturated rings. The van der Waals surface area contributed by atoms with E-state index in [1.807, 2.05) is 28.8 Å². The number of sulfonamides is 1. The van der Waals surface area contributed by atoms with Crippen molar-refractivity contribution in [2.45, 2.75) is 37.6 Å². The van der Waals surface area contributed by atoms with Gasteiger partial charge in [0.1, 0.15) is 0 Å². The van der Waals surface area contributed by atoms with Crippen LogP contribution >= 0.6 is 0 Å². The number of carbonyl (C=O) groups excluding carboxylic acids is 1. The van der Waals surface area contributed by atoms with E-state index in [1.54, 1.807) is 24.3 Å². The molecular formula is C23H28N4O4S. The maximum Gasteiger partial charge on any atom is 0.243 e. The van der Waals surface area contributed by atoms with Crippen molar-refractivity contribution < 1.29 is 17.9 Å². The molecule has 3 aromatic rings. The number of para-hydroxylation sites is 2. The van der Waals surface area contributed by atoms with Crippen LogP contribution in [-0.2, 0) is 32.5 Å². The molecule has 1 saturated heterocycles. The summed E-state index contributed by atoms with van der Waals surface area (Å²) in [6.45, 7) is 4.43. The van der Waals surface area contributed by atoms with Crippen LogP contribution in [0, 0.1) is 0 Å². The number of morpholine rings is 1. The number of imidazole rings is 1. The van der Waals surface area contributed by atoms with Gasteiger partial charge >= 0.3 is 0 Å². The number of nitrogens with zero attached hydrogens (tertiary/aromatic N) is 3. The average molecular weight is 457 g/mol. The lowest BCUT2D eigenvalue weighted by molar-refractivity contribution is -0.116. The summed E-state index contributed by atoms with van der Waals surface area (Å²) in [6.07, 6.45) is 1.73. The highest BCUT2D eigenvalue weighted by Gasteiger charge is 2.26. The van der Waals surface area contributed by atoms with Crippen LogP contribution in [0.5, 0.6) is 0 Å². The normalized spacial score (nSPS) is 15.2. The van der Waals surface area contributed by atoms with Gasteiger partial charge in [-0.25, -0.2) is 13.4 Å². The highest BCUT2D eigenvalue weighted by molar-refractivity contribution is 7.89. The van der Waals surface area contributed by atoms with E-state index >= 15 is 0 Å². The summed E-state index contributed by atoms with van der Waals surface area (Å²) in [6, 6.07) is 14.6. The second-order valence-corrected chi connectivity index (χ2v) is 9.72. The molecule has 0 saturated carbocycles. The van der Waals surface area contributed by atoms with E-state index in [0.717, 1.165) is 29.6 Å². The summed E-state index contributed by atoms with van der Waals surface area (Å²) >= 11 is 0. The number of rotatable bonds is 8. The van der Waals surface area contributed by atoms with Gasteiger partial charge in [-0.1, -0.05) is 31.2 Å². The van der Waals surface area contributed by atoms with Crippen LogP contribution in [0.15, 0.2) is 53.4 Å². The van der Waals surface area contributed by atoms with Crippen molar-refractivity contribution >= 4 is 32.9 Å². The fourth-order valence-electron chi connectivity index (χ4n) is 3.83. The molecule has 1 amide bonds. The predicted molar refractivity (Wildman–Crippen MR) is 123 cm³/mol. The maximum absolute atomic E-state index is 12.7. The van der Waals surface area contributed by atoms with E-state index in [0.29, 0.717) is 38.7 Å². The second-order valence-electron chi connectivity index (χ2n) is 7.78. The summed E-state index contributed by atoms with van der Waals surface area (Å²) < 4.78 is 34.2. The molecule has 2 aromatic carbocycles. The van der Waals surface area contributed by atoms with Gasteiger partial charge in [-0.15, -0.1) is 0 Å². The molecule has 9 heteroatoms. The van der Waals surface area contributed by atoms with Crippen LogP contribution in [0.4, 0.5) is 5.95 Å². The SMILES string of the molecule is CCCn1c(NC(=O)CCc2ccc(S(=O)(=O)N3CCOCC3)cc2)nc2ccccc21. The Labute approximate surface area is 188 Å². The zero-order chi connectivity index (χ0) is 22.6. The van der Waals surface area contributed by atoms with Crippen molar-refractivity contribution in [3.8, 4) is 0 Å². The molecule has 1 N–H and O–H groups in total. The minimum atomic E-state index is -3.51. The molecule has 170 valence electrons. The minimum Gasteiger partial charge on any atom is -0.379 e. The number of carbonyl (C=O) groups is 1. The Kier molecular flexibility index (Phi) is 6.88. The lowest BCUT2D eigenvalue weighted by Crippen LogP contribution is -2.40. The van der Waals surface area contributed by atoms with E-state index in [4.69, 9.17) is 4.74 Å². The van der Waals surface area contributed by atoms with Crippen molar-refractivity contribution in [3.05, 3.63) is 54.1 Å². The molecule has 2 heterocycles. The van der Waals surface area contributed by atoms with Crippen molar-refractivity contribution in [2.24, 2.45) is 0 Å². The predicted octanol–water partition coefficient (Wildman–Crippen LogP) is 3.04. The van der Waals surface area contributed by atoms with Crippen LogP contribution in [-0.4, -0.2) is 54.5 Å². The zero-order valence-corrected chi connectivity index (χ0v) is 19.0. The van der Waals surface area contributed by atoms with Crippen LogP contribution in [0.3, 0.4) is 0 Å². The molecule has 0 aliphatic carbocycles. The third kappa shape index (κ3) is 4.85. The minimum absolute atomic E-state index is 0.123. The summed E-state index contributed by atoms with van der Waals surface area (Å²) in [5.41, 5.74) is 2.76. The number of fused-ring (bicyclic) bond motifs is 1. The van der Waals surface area contributed by atoms with Gasteiger partial charge in [-0.05, 0) is 42.7 Å². The first kappa shape index (κ1) is 22.4. The number of hydrogen-bond donors (Lipinski definition) is 1. The Bertz CT molecular complexity index is 1180. The smallest absolute Gasteiger partial charge is 0.243 e. The van der Waals surface area contributed by atoms with E-state index in [-0.39, 0.29) is 17.2 Å². The van der Waals surface area contributed by atoms with Crippen LogP contribution in [0.1, 0.15) is 25.3 Å². The molecule has 1 aliphatic heterocycles. The van der Waals surface area contributed by atoms with Crippen molar-refractivity contribution in [3.63, 3.8) is 0 Å². The first-order chi connectivity index (χ1) is 15.5. The van der Waals surface area contributed by atoms with E-state index in [9.17, 15) is 13.2 Å². The summed E-state index contributed by atoms with van der Waals surface area (Å²) in [5, 5.41) is 2.93. The fourth-order valence-corrected chi connectivity index (χ4v) is 5.24. The van der Waals surface area contributed by atoms with E-state index in [1.165, 1.54) is 4.31 Å². The van der Waals surface area contributed by atoms with E-state index < -0.39 is 10.0 Å². The van der Waals surface area contributed by atoms with Gasteiger partial charge in [0.15, 0.2) is 0 Å². The highest BCUT2D eigenvalue weighted by Crippen LogP contribution is 2.21. The quantitative estimate of drug-likeness (QED) is 0.562. The molecule has 1 aliphatic rings. The summed E-state index contributed by atoms with van der Waals surface area (Å²) in [4.78, 5) is 17.4. The topological polar surface area (TPSA) is 93.5 Å². The zero-order valence-electron chi connectivity index (χ0n) is 18.2. The molecule has 4 rings (SSSR count). The molecule has 32 heavy (non-hydrogen) atoms. The molecule has 0 unspecified atom stereocenters. The summed E-state index contributed by atoms with van der Waals surface area (Å²) in [5.74, 6) is 0.438. The van der Waals surface area contributed by atoms with Gasteiger partial charge in [-0.2, -0.15) is 4.31 Å². The monoisotopic (exact) mass is 456 g/mol. The Balaban J connectivity index is 1.38. The average Bonchev–Trinajstić information content (AvgIpc) is 3.16. The molecule has 0 radical (unpaired) electrons. The number of aryl methyl sites for hydroxylation is 2. The second kappa shape index (κ2) is 9.81. The van der Waals surface area contributed by atoms with Crippen LogP contribution in [0.25, 0.3) is 11.0 Å². The molecule has 0 atom stereocenters. The number of amides is 1. The standard InChI is InChI=1S/C23H28N4O4S/c1-2-13-27-21-6-4-3-5-20(21)24-23(27)25-22(28)12-9-18-7-10-19(11-8-18)32(29,30)26-14-16-31-17-15-26/h3-8,10-11H,2,9,12-17H2,1H3,(H,24,25,28). The molecular weight excluding hydrogens is 428 g/mol. The van der Waals surface area contributed by atoms with Gasteiger partial charge < -0.3 is 9.30 Å². The van der Waals surface area contributed by atoms with Crippen molar-refractivity contribution in [1.82, 2.24) is 13.9 Å². The molecule has 0 spiro atoms. The third-order valence-electron chi connectivity index (χ3n) is 5.52. The first-order valence-corrected chi connectivity index (χ1v) is 12.3. The number of benzene rings is 2. The number of anilines is 1. The van der Waals surface area contributed by atoms with E-state index in [2.05, 4.69) is 17.2 Å². The van der Waals surface area contributed by atoms with Crippen LogP contribution < -0.4 is 5.32 Å². The lowest BCUT2D eigenvalue weighted by Gasteiger charge is -2.26. The lowest BCUT2D eigenvalue weighted by atomic mass is 10.1. The molecule has 0 bridgehead atoms. The van der Waals surface area contributed by atoms with Crippen LogP contribution in [0.2, 0.25) is 0 Å². The number of ether oxygens (including phenoxy) is 1. The van der Waals surface area contributed by atoms with Crippen molar-refractivity contribution in [1.29, 1.82) is 0 Å². The van der Waals surface area contributed by atoms with Gasteiger partial charge in [0.25, 0.3) is 0 Å². The number of aromatic nitrogens is 2. The molecule has 1 aromatic heterocycles. The third-order valence-corrected chi connectivity index (χ3v) is 7.44. The number of nitrogens with one attached hydrogen (secondary N) is 1. The number of hydrogen-bond acceptors (Lipinski definition) is 5. The Hall–Kier alpha value is -2.75. The van der Waals surface area contributed by atoms with Gasteiger partial charge in [0.05, 0.1) is 29.1 Å². The first-order valence-electron chi connectivity index (χ1n) is 10.9. The summed E-state index contributed by atoms with van der Waals surface area (Å²) in [7, 11) is -3.51. The Morgan fingerprint density at radius 3 is 2.53 bits per heavy atom. The van der Waals surface area contributed by atoms with Gasteiger partial charge in [-0.3, -0.25) is 10.1 Å². The van der Waals surface area contributed by atoms with Gasteiger partial charge in [0, 0.05) is 26.1 Å². The maximum atomic E-state index is 12.7. The largest absolute Gasteiger partial charge is 0.379 e. The fraction of sp³-hybridized carbons (Fsp3) is 0.391. The molecule has 8 nitrogen and oxygen atoms in total. The Morgan fingerprint density at radius 1 is 1.09 bits per heavy atom. The van der Waals surface area contributed by atoms with Gasteiger partial charge in [0.2, 0.25) is 21.9 Å². The highest BCUT2D eigenvalue weighted by atomic mass is 32.2. The Morgan fingerprint density at radius 2 is 1.81 bits per heavy atom.